The quantitative estimate of drug-likeness (QED) is 0.461. The first-order chi connectivity index (χ1) is 11.7. The summed E-state index contributed by atoms with van der Waals surface area (Å²) in [4.78, 5) is 11.0. The standard InChI is InChI=1S/C16H18ClN3O5/c1-8-9(2)19-20(4)15(8)25-14-6-13(24-10(3)16(21)22)11(7-18-23)5-12(14)17/h5-7,10,23H,1-4H3,(H,21,22)/t10-/m0/s1. The van der Waals surface area contributed by atoms with Gasteiger partial charge in [-0.2, -0.15) is 5.10 Å². The highest BCUT2D eigenvalue weighted by Gasteiger charge is 2.19. The van der Waals surface area contributed by atoms with Gasteiger partial charge in [-0.1, -0.05) is 16.8 Å². The lowest BCUT2D eigenvalue weighted by molar-refractivity contribution is -0.144. The molecule has 1 heterocycles. The average Bonchev–Trinajstić information content (AvgIpc) is 2.77. The number of aryl methyl sites for hydroxylation is 2. The van der Waals surface area contributed by atoms with Crippen molar-refractivity contribution in [3.8, 4) is 17.4 Å². The molecular formula is C16H18ClN3O5. The van der Waals surface area contributed by atoms with Gasteiger partial charge in [-0.05, 0) is 26.8 Å². The number of hydrogen-bond acceptors (Lipinski definition) is 6. The largest absolute Gasteiger partial charge is 0.479 e. The van der Waals surface area contributed by atoms with Crippen LogP contribution >= 0.6 is 11.6 Å². The second-order valence-corrected chi connectivity index (χ2v) is 5.81. The van der Waals surface area contributed by atoms with Crippen molar-refractivity contribution in [1.82, 2.24) is 9.78 Å². The van der Waals surface area contributed by atoms with Gasteiger partial charge >= 0.3 is 5.97 Å². The van der Waals surface area contributed by atoms with Crippen molar-refractivity contribution in [3.05, 3.63) is 34.0 Å². The van der Waals surface area contributed by atoms with Gasteiger partial charge in [0, 0.05) is 24.2 Å². The van der Waals surface area contributed by atoms with Gasteiger partial charge < -0.3 is 19.8 Å². The molecule has 0 aliphatic rings. The molecule has 0 aliphatic heterocycles. The fourth-order valence-electron chi connectivity index (χ4n) is 2.12. The Hall–Kier alpha value is -2.74. The molecule has 0 spiro atoms. The second-order valence-electron chi connectivity index (χ2n) is 5.40. The highest BCUT2D eigenvalue weighted by molar-refractivity contribution is 6.32. The van der Waals surface area contributed by atoms with Crippen molar-refractivity contribution in [2.24, 2.45) is 12.2 Å². The summed E-state index contributed by atoms with van der Waals surface area (Å²) >= 11 is 6.23. The summed E-state index contributed by atoms with van der Waals surface area (Å²) in [5.41, 5.74) is 1.97. The molecule has 0 bridgehead atoms. The van der Waals surface area contributed by atoms with E-state index in [0.717, 1.165) is 17.5 Å². The zero-order valence-electron chi connectivity index (χ0n) is 14.1. The fourth-order valence-corrected chi connectivity index (χ4v) is 2.33. The Bertz CT molecular complexity index is 832. The van der Waals surface area contributed by atoms with E-state index in [9.17, 15) is 4.79 Å². The minimum Gasteiger partial charge on any atom is -0.479 e. The first kappa shape index (κ1) is 18.6. The fraction of sp³-hybridized carbons (Fsp3) is 0.312. The van der Waals surface area contributed by atoms with Gasteiger partial charge in [-0.3, -0.25) is 0 Å². The molecule has 134 valence electrons. The molecule has 1 aromatic carbocycles. The monoisotopic (exact) mass is 367 g/mol. The summed E-state index contributed by atoms with van der Waals surface area (Å²) in [5.74, 6) is -0.221. The van der Waals surface area contributed by atoms with Gasteiger partial charge in [0.1, 0.15) is 5.75 Å². The van der Waals surface area contributed by atoms with Gasteiger partial charge in [0.2, 0.25) is 5.88 Å². The molecule has 1 aromatic heterocycles. The Morgan fingerprint density at radius 1 is 1.40 bits per heavy atom. The summed E-state index contributed by atoms with van der Waals surface area (Å²) in [6, 6.07) is 2.90. The highest BCUT2D eigenvalue weighted by Crippen LogP contribution is 2.36. The van der Waals surface area contributed by atoms with Crippen molar-refractivity contribution in [3.63, 3.8) is 0 Å². The molecule has 0 aliphatic carbocycles. The second kappa shape index (κ2) is 7.43. The molecule has 0 fully saturated rings. The molecule has 0 unspecified atom stereocenters. The Balaban J connectivity index is 2.46. The van der Waals surface area contributed by atoms with Gasteiger partial charge in [0.05, 0.1) is 16.9 Å². The minimum absolute atomic E-state index is 0.156. The maximum absolute atomic E-state index is 11.0. The zero-order valence-corrected chi connectivity index (χ0v) is 14.9. The number of aromatic nitrogens is 2. The van der Waals surface area contributed by atoms with E-state index in [-0.39, 0.29) is 16.5 Å². The Morgan fingerprint density at radius 3 is 2.60 bits per heavy atom. The van der Waals surface area contributed by atoms with Crippen LogP contribution in [0.4, 0.5) is 0 Å². The van der Waals surface area contributed by atoms with Crippen LogP contribution in [0.2, 0.25) is 5.02 Å². The lowest BCUT2D eigenvalue weighted by Gasteiger charge is -2.15. The maximum atomic E-state index is 11.0. The van der Waals surface area contributed by atoms with Gasteiger partial charge in [0.25, 0.3) is 0 Å². The van der Waals surface area contributed by atoms with Crippen LogP contribution in [0.3, 0.4) is 0 Å². The van der Waals surface area contributed by atoms with Gasteiger partial charge in [0.15, 0.2) is 11.9 Å². The average molecular weight is 368 g/mol. The summed E-state index contributed by atoms with van der Waals surface area (Å²) in [6.07, 6.45) is -0.0143. The van der Waals surface area contributed by atoms with E-state index in [1.54, 1.807) is 11.7 Å². The molecular weight excluding hydrogens is 350 g/mol. The number of nitrogens with zero attached hydrogens (tertiary/aromatic N) is 3. The number of carboxylic acids is 1. The summed E-state index contributed by atoms with van der Waals surface area (Å²) in [7, 11) is 1.74. The molecule has 0 radical (unpaired) electrons. The number of benzene rings is 1. The van der Waals surface area contributed by atoms with Crippen LogP contribution in [0.5, 0.6) is 17.4 Å². The normalized spacial score (nSPS) is 12.4. The van der Waals surface area contributed by atoms with Gasteiger partial charge in [-0.15, -0.1) is 0 Å². The topological polar surface area (TPSA) is 106 Å². The van der Waals surface area contributed by atoms with Crippen LogP contribution in [-0.2, 0) is 11.8 Å². The summed E-state index contributed by atoms with van der Waals surface area (Å²) in [5, 5.41) is 25.2. The molecule has 1 atom stereocenters. The third kappa shape index (κ3) is 4.03. The van der Waals surface area contributed by atoms with Crippen molar-refractivity contribution in [2.45, 2.75) is 26.9 Å². The number of aliphatic carboxylic acids is 1. The number of hydrogen-bond donors (Lipinski definition) is 2. The molecule has 25 heavy (non-hydrogen) atoms. The van der Waals surface area contributed by atoms with E-state index in [2.05, 4.69) is 10.3 Å². The predicted molar refractivity (Wildman–Crippen MR) is 91.3 cm³/mol. The van der Waals surface area contributed by atoms with E-state index in [4.69, 9.17) is 31.4 Å². The lowest BCUT2D eigenvalue weighted by Crippen LogP contribution is -2.23. The van der Waals surface area contributed by atoms with Crippen LogP contribution in [0.15, 0.2) is 17.3 Å². The highest BCUT2D eigenvalue weighted by atomic mass is 35.5. The van der Waals surface area contributed by atoms with Crippen LogP contribution < -0.4 is 9.47 Å². The van der Waals surface area contributed by atoms with E-state index >= 15 is 0 Å². The van der Waals surface area contributed by atoms with Crippen LogP contribution in [-0.4, -0.2) is 38.4 Å². The molecule has 0 saturated carbocycles. The Labute approximate surface area is 149 Å². The maximum Gasteiger partial charge on any atom is 0.344 e. The first-order valence-corrected chi connectivity index (χ1v) is 7.70. The van der Waals surface area contributed by atoms with E-state index in [1.165, 1.54) is 19.1 Å². The molecule has 0 saturated heterocycles. The van der Waals surface area contributed by atoms with Crippen LogP contribution in [0, 0.1) is 13.8 Å². The number of rotatable bonds is 6. The van der Waals surface area contributed by atoms with Crippen molar-refractivity contribution < 1.29 is 24.6 Å². The predicted octanol–water partition coefficient (Wildman–Crippen LogP) is 3.14. The summed E-state index contributed by atoms with van der Waals surface area (Å²) < 4.78 is 12.8. The molecule has 0 amide bonds. The van der Waals surface area contributed by atoms with E-state index in [0.29, 0.717) is 11.4 Å². The van der Waals surface area contributed by atoms with E-state index in [1.807, 2.05) is 13.8 Å². The Morgan fingerprint density at radius 2 is 2.08 bits per heavy atom. The number of carbonyl (C=O) groups is 1. The van der Waals surface area contributed by atoms with E-state index < -0.39 is 12.1 Å². The molecule has 8 nitrogen and oxygen atoms in total. The molecule has 2 N–H and O–H groups in total. The van der Waals surface area contributed by atoms with Crippen molar-refractivity contribution in [2.75, 3.05) is 0 Å². The molecule has 2 aromatic rings. The van der Waals surface area contributed by atoms with Crippen molar-refractivity contribution >= 4 is 23.8 Å². The molecule has 9 heteroatoms. The van der Waals surface area contributed by atoms with Crippen molar-refractivity contribution in [1.29, 1.82) is 0 Å². The third-order valence-electron chi connectivity index (χ3n) is 3.58. The van der Waals surface area contributed by atoms with Gasteiger partial charge in [-0.25, -0.2) is 9.48 Å². The summed E-state index contributed by atoms with van der Waals surface area (Å²) in [6.45, 7) is 5.10. The first-order valence-electron chi connectivity index (χ1n) is 7.33. The Kier molecular flexibility index (Phi) is 5.53. The molecule has 2 rings (SSSR count). The minimum atomic E-state index is -1.14. The van der Waals surface area contributed by atoms with Crippen LogP contribution in [0.25, 0.3) is 0 Å². The smallest absolute Gasteiger partial charge is 0.344 e. The lowest BCUT2D eigenvalue weighted by atomic mass is 10.2. The van der Waals surface area contributed by atoms with Crippen LogP contribution in [0.1, 0.15) is 23.7 Å². The number of ether oxygens (including phenoxy) is 2. The number of halogens is 1. The zero-order chi connectivity index (χ0) is 18.7. The SMILES string of the molecule is Cc1nn(C)c(Oc2cc(O[C@@H](C)C(=O)O)c(C=NO)cc2Cl)c1C. The number of carboxylic acid groups (broad SMARTS) is 1. The number of oxime groups is 1. The third-order valence-corrected chi connectivity index (χ3v) is 3.87.